The summed E-state index contributed by atoms with van der Waals surface area (Å²) in [6.45, 7) is 2.26. The fraction of sp³-hybridized carbons (Fsp3) is 0.958. The van der Waals surface area contributed by atoms with E-state index in [9.17, 15) is 4.79 Å². The molecule has 0 aliphatic carbocycles. The number of aliphatic carboxylic acids is 1. The second kappa shape index (κ2) is 22.5. The second-order valence-corrected chi connectivity index (χ2v) is 7.65. The molecule has 0 aromatic heterocycles. The van der Waals surface area contributed by atoms with Crippen molar-refractivity contribution in [2.24, 2.45) is 0 Å². The predicted octanol–water partition coefficient (Wildman–Crippen LogP) is 8.67. The third-order valence-corrected chi connectivity index (χ3v) is 4.98. The minimum absolute atomic E-state index is 0.310. The van der Waals surface area contributed by atoms with Crippen LogP contribution in [0.15, 0.2) is 0 Å². The monoisotopic (exact) mass is 372 g/mol. The molecule has 0 saturated heterocycles. The van der Waals surface area contributed by atoms with Crippen LogP contribution in [0.3, 0.4) is 0 Å². The van der Waals surface area contributed by atoms with Crippen LogP contribution in [0.5, 0.6) is 0 Å². The summed E-state index contributed by atoms with van der Waals surface area (Å²) >= 11 is 0. The molecule has 0 rings (SSSR count). The van der Waals surface area contributed by atoms with Crippen molar-refractivity contribution in [2.45, 2.75) is 148 Å². The van der Waals surface area contributed by atoms with Gasteiger partial charge in [-0.25, -0.2) is 0 Å². The SMILES string of the molecule is [2H]C([2H])(CCCCCCCCCCCCCCCCCCC)CC([2H])([2H])CC(=O)O. The highest BCUT2D eigenvalue weighted by atomic mass is 16.4. The summed E-state index contributed by atoms with van der Waals surface area (Å²) in [4.78, 5) is 10.7. The van der Waals surface area contributed by atoms with E-state index >= 15 is 0 Å². The van der Waals surface area contributed by atoms with Crippen LogP contribution >= 0.6 is 0 Å². The molecule has 0 saturated carbocycles. The highest BCUT2D eigenvalue weighted by Gasteiger charge is 1.97. The van der Waals surface area contributed by atoms with E-state index in [0.717, 1.165) is 19.3 Å². The zero-order valence-corrected chi connectivity index (χ0v) is 17.5. The largest absolute Gasteiger partial charge is 0.481 e. The number of rotatable bonds is 22. The van der Waals surface area contributed by atoms with Crippen molar-refractivity contribution in [3.63, 3.8) is 0 Å². The van der Waals surface area contributed by atoms with E-state index in [0.29, 0.717) is 6.42 Å². The Kier molecular flexibility index (Phi) is 16.3. The van der Waals surface area contributed by atoms with Gasteiger partial charge in [0.2, 0.25) is 0 Å². The van der Waals surface area contributed by atoms with E-state index in [-0.39, 0.29) is 6.42 Å². The van der Waals surface area contributed by atoms with Crippen LogP contribution in [0.4, 0.5) is 0 Å². The Labute approximate surface area is 170 Å². The number of hydrogen-bond donors (Lipinski definition) is 1. The Bertz CT molecular complexity index is 414. The number of unbranched alkanes of at least 4 members (excludes halogenated alkanes) is 16. The van der Waals surface area contributed by atoms with Crippen molar-refractivity contribution >= 4 is 5.97 Å². The van der Waals surface area contributed by atoms with E-state index < -0.39 is 25.1 Å². The standard InChI is InChI=1S/C24H48O2/c1-2-3-4-5-6-7-8-9-10-11-12-13-14-15-16-17-18-19-20-21-22-23-24(25)26/h2-23H2,1H3,(H,25,26)/i20D2,22D2. The predicted molar refractivity (Wildman–Crippen MR) is 115 cm³/mol. The van der Waals surface area contributed by atoms with Gasteiger partial charge in [-0.1, -0.05) is 135 Å². The minimum atomic E-state index is -1.98. The average molecular weight is 373 g/mol. The van der Waals surface area contributed by atoms with Crippen LogP contribution < -0.4 is 0 Å². The first-order valence-corrected chi connectivity index (χ1v) is 11.4. The van der Waals surface area contributed by atoms with Crippen LogP contribution in [0.1, 0.15) is 154 Å². The van der Waals surface area contributed by atoms with Crippen molar-refractivity contribution in [1.82, 2.24) is 0 Å². The van der Waals surface area contributed by atoms with Gasteiger partial charge in [0.05, 0.1) is 0 Å². The van der Waals surface area contributed by atoms with Gasteiger partial charge in [-0.2, -0.15) is 0 Å². The van der Waals surface area contributed by atoms with E-state index in [2.05, 4.69) is 6.92 Å². The van der Waals surface area contributed by atoms with Crippen LogP contribution in [-0.2, 0) is 4.79 Å². The Hall–Kier alpha value is -0.530. The molecule has 0 amide bonds. The summed E-state index contributed by atoms with van der Waals surface area (Å²) in [6.07, 6.45) is 17.5. The molecule has 0 bridgehead atoms. The van der Waals surface area contributed by atoms with Gasteiger partial charge in [0.1, 0.15) is 0 Å². The van der Waals surface area contributed by atoms with Gasteiger partial charge in [-0.05, 0) is 6.37 Å². The maximum atomic E-state index is 10.7. The maximum Gasteiger partial charge on any atom is 0.303 e. The summed E-state index contributed by atoms with van der Waals surface area (Å²) in [5, 5.41) is 8.72. The first kappa shape index (κ1) is 18.8. The lowest BCUT2D eigenvalue weighted by Crippen LogP contribution is -1.93. The summed E-state index contributed by atoms with van der Waals surface area (Å²) < 4.78 is 31.2. The molecule has 2 heteroatoms. The first-order chi connectivity index (χ1) is 14.2. The molecule has 0 atom stereocenters. The Morgan fingerprint density at radius 1 is 0.577 bits per heavy atom. The summed E-state index contributed by atoms with van der Waals surface area (Å²) in [6, 6.07) is 0. The highest BCUT2D eigenvalue weighted by Crippen LogP contribution is 2.15. The maximum absolute atomic E-state index is 10.7. The molecule has 0 heterocycles. The lowest BCUT2D eigenvalue weighted by atomic mass is 10.0. The normalized spacial score (nSPS) is 14.5. The highest BCUT2D eigenvalue weighted by molar-refractivity contribution is 5.66. The zero-order valence-electron chi connectivity index (χ0n) is 21.5. The molecule has 0 spiro atoms. The molecule has 0 aliphatic rings. The Balaban J connectivity index is 3.42. The van der Waals surface area contributed by atoms with Crippen LogP contribution in [0.2, 0.25) is 0 Å². The Morgan fingerprint density at radius 2 is 0.923 bits per heavy atom. The third kappa shape index (κ3) is 23.5. The molecule has 0 aromatic carbocycles. The number of carboxylic acid groups (broad SMARTS) is 1. The molecule has 0 unspecified atom stereocenters. The summed E-state index contributed by atoms with van der Waals surface area (Å²) in [5.74, 6) is -1.21. The van der Waals surface area contributed by atoms with Gasteiger partial charge < -0.3 is 5.11 Å². The van der Waals surface area contributed by atoms with Gasteiger partial charge in [0, 0.05) is 11.9 Å². The number of carboxylic acids is 1. The Morgan fingerprint density at radius 3 is 1.27 bits per heavy atom. The molecule has 0 fully saturated rings. The van der Waals surface area contributed by atoms with Crippen molar-refractivity contribution in [3.8, 4) is 0 Å². The van der Waals surface area contributed by atoms with E-state index in [4.69, 9.17) is 10.6 Å². The second-order valence-electron chi connectivity index (χ2n) is 7.65. The van der Waals surface area contributed by atoms with Crippen molar-refractivity contribution in [2.75, 3.05) is 0 Å². The van der Waals surface area contributed by atoms with Gasteiger partial charge in [-0.15, -0.1) is 0 Å². The first-order valence-electron chi connectivity index (χ1n) is 13.4. The van der Waals surface area contributed by atoms with Crippen LogP contribution in [-0.4, -0.2) is 11.1 Å². The lowest BCUT2D eigenvalue weighted by Gasteiger charge is -2.04. The van der Waals surface area contributed by atoms with Gasteiger partial charge in [0.15, 0.2) is 0 Å². The third-order valence-electron chi connectivity index (χ3n) is 4.98. The fourth-order valence-corrected chi connectivity index (χ4v) is 3.32. The molecule has 0 aromatic rings. The van der Waals surface area contributed by atoms with Gasteiger partial charge in [-0.3, -0.25) is 4.79 Å². The molecule has 1 N–H and O–H groups in total. The number of hydrogen-bond acceptors (Lipinski definition) is 1. The topological polar surface area (TPSA) is 37.3 Å². The van der Waals surface area contributed by atoms with Gasteiger partial charge in [0.25, 0.3) is 0 Å². The van der Waals surface area contributed by atoms with E-state index in [1.165, 1.54) is 89.9 Å². The van der Waals surface area contributed by atoms with Crippen molar-refractivity contribution in [1.29, 1.82) is 0 Å². The summed E-state index contributed by atoms with van der Waals surface area (Å²) in [5.41, 5.74) is 0. The van der Waals surface area contributed by atoms with Crippen molar-refractivity contribution < 1.29 is 15.4 Å². The van der Waals surface area contributed by atoms with Crippen molar-refractivity contribution in [3.05, 3.63) is 0 Å². The van der Waals surface area contributed by atoms with Crippen LogP contribution in [0, 0.1) is 0 Å². The molecular formula is C24H48O2. The van der Waals surface area contributed by atoms with E-state index in [1.54, 1.807) is 0 Å². The summed E-state index contributed by atoms with van der Waals surface area (Å²) in [7, 11) is 0. The molecule has 156 valence electrons. The zero-order chi connectivity index (χ0) is 22.7. The lowest BCUT2D eigenvalue weighted by molar-refractivity contribution is -0.137. The van der Waals surface area contributed by atoms with Gasteiger partial charge >= 0.3 is 5.97 Å². The van der Waals surface area contributed by atoms with Crippen LogP contribution in [0.25, 0.3) is 0 Å². The average Bonchev–Trinajstić information content (AvgIpc) is 2.62. The molecule has 0 aliphatic heterocycles. The molecule has 0 radical (unpaired) electrons. The molecule has 2 nitrogen and oxygen atoms in total. The smallest absolute Gasteiger partial charge is 0.303 e. The quantitative estimate of drug-likeness (QED) is 0.193. The molecular weight excluding hydrogens is 320 g/mol. The molecule has 26 heavy (non-hydrogen) atoms. The minimum Gasteiger partial charge on any atom is -0.481 e. The van der Waals surface area contributed by atoms with E-state index in [1.807, 2.05) is 0 Å². The number of carbonyl (C=O) groups is 1. The fourth-order valence-electron chi connectivity index (χ4n) is 3.32.